The van der Waals surface area contributed by atoms with E-state index < -0.39 is 11.4 Å². The average Bonchev–Trinajstić information content (AvgIpc) is 1.31. The Morgan fingerprint density at radius 3 is 1.86 bits per heavy atom. The summed E-state index contributed by atoms with van der Waals surface area (Å²) in [4.78, 5) is 9.69. The van der Waals surface area contributed by atoms with E-state index in [1.165, 1.54) is 0 Å². The van der Waals surface area contributed by atoms with E-state index in [-0.39, 0.29) is 0 Å². The minimum absolute atomic E-state index is 0.840. The molecule has 0 aromatic heterocycles. The summed E-state index contributed by atoms with van der Waals surface area (Å²) in [7, 11) is 1.15. The third-order valence-electron chi connectivity index (χ3n) is 0.469. The monoisotopic (exact) mass is 126 g/mol. The van der Waals surface area contributed by atoms with Gasteiger partial charge in [0.2, 0.25) is 5.78 Å². The molecular weight excluding hydrogens is 121 g/mol. The van der Waals surface area contributed by atoms with Crippen LogP contribution in [-0.4, -0.2) is 11.4 Å². The van der Waals surface area contributed by atoms with Crippen molar-refractivity contribution in [2.75, 3.05) is 0 Å². The van der Waals surface area contributed by atoms with E-state index in [1.54, 1.807) is 0 Å². The van der Waals surface area contributed by atoms with Gasteiger partial charge in [-0.25, -0.2) is 0 Å². The van der Waals surface area contributed by atoms with Gasteiger partial charge in [-0.15, -0.1) is 0 Å². The van der Waals surface area contributed by atoms with Gasteiger partial charge < -0.3 is 0 Å². The Labute approximate surface area is 42.3 Å². The van der Waals surface area contributed by atoms with E-state index in [0.717, 1.165) is 16.2 Å². The van der Waals surface area contributed by atoms with Crippen LogP contribution < -0.4 is 0 Å². The molecule has 1 atom stereocenters. The number of hydrogen-bond donors (Lipinski definition) is 0. The van der Waals surface area contributed by atoms with Gasteiger partial charge in [-0.05, 0) is 0 Å². The van der Waals surface area contributed by atoms with Crippen LogP contribution in [0.2, 0.25) is 0 Å². The maximum Gasteiger partial charge on any atom is 0.315 e. The molecule has 0 amide bonds. The molecule has 0 aromatic carbocycles. The smallest absolute Gasteiger partial charge is 0.293 e. The van der Waals surface area contributed by atoms with E-state index in [2.05, 4.69) is 0 Å². The average molecular weight is 126 g/mol. The normalized spacial score (nSPS) is 11.4. The van der Waals surface area contributed by atoms with Crippen molar-refractivity contribution in [2.45, 2.75) is 12.6 Å². The Bertz CT molecular complexity index is 85.4. The minimum Gasteiger partial charge on any atom is -0.293 e. The second kappa shape index (κ2) is 1.83. The third kappa shape index (κ3) is 2.63. The van der Waals surface area contributed by atoms with Crippen LogP contribution in [0.1, 0.15) is 6.92 Å². The molecule has 0 N–H and O–H groups in total. The molecule has 0 bridgehead atoms. The van der Waals surface area contributed by atoms with Crippen molar-refractivity contribution in [3.63, 3.8) is 0 Å². The quantitative estimate of drug-likeness (QED) is 0.480. The molecule has 1 unspecified atom stereocenters. The number of carbonyl (C=O) groups excluding carboxylic acids is 1. The van der Waals surface area contributed by atoms with Crippen molar-refractivity contribution in [2.24, 2.45) is 0 Å². The molecule has 0 spiro atoms. The Balaban J connectivity index is 3.79. The van der Waals surface area contributed by atoms with Gasteiger partial charge >= 0.3 is 5.66 Å². The maximum absolute atomic E-state index is 11.5. The number of alkyl halides is 2. The fraction of sp³-hybridized carbons (Fsp3) is 0.667. The number of rotatable bonds is 1. The Kier molecular flexibility index (Phi) is 1.82. The van der Waals surface area contributed by atoms with Gasteiger partial charge in [0.1, 0.15) is 0 Å². The van der Waals surface area contributed by atoms with E-state index in [9.17, 15) is 13.6 Å². The number of carbonyl (C=O) groups is 1. The van der Waals surface area contributed by atoms with Crippen LogP contribution in [0, 0.1) is 0 Å². The first-order valence-electron chi connectivity index (χ1n) is 1.62. The third-order valence-corrected chi connectivity index (χ3v) is 0.876. The topological polar surface area (TPSA) is 17.1 Å². The standard InChI is InChI=1S/C3H5F2OP/c1-2(6)3(4,5)7/h7H2,1H3. The number of halogens is 2. The van der Waals surface area contributed by atoms with Gasteiger partial charge in [0.25, 0.3) is 0 Å². The van der Waals surface area contributed by atoms with Crippen molar-refractivity contribution < 1.29 is 13.6 Å². The van der Waals surface area contributed by atoms with E-state index >= 15 is 0 Å². The van der Waals surface area contributed by atoms with Crippen LogP contribution in [0.25, 0.3) is 0 Å². The fourth-order valence-electron chi connectivity index (χ4n) is 0. The van der Waals surface area contributed by atoms with Crippen molar-refractivity contribution >= 4 is 15.0 Å². The summed E-state index contributed by atoms with van der Waals surface area (Å²) in [5.41, 5.74) is -3.22. The van der Waals surface area contributed by atoms with Crippen molar-refractivity contribution in [1.82, 2.24) is 0 Å². The molecule has 0 heterocycles. The van der Waals surface area contributed by atoms with E-state index in [1.807, 2.05) is 0 Å². The number of Topliss-reactive ketones (excluding diaryl/α,β-unsaturated/α-hetero) is 1. The highest BCUT2D eigenvalue weighted by Crippen LogP contribution is 2.21. The molecule has 0 aliphatic heterocycles. The summed E-state index contributed by atoms with van der Waals surface area (Å²) in [6.07, 6.45) is 0. The summed E-state index contributed by atoms with van der Waals surface area (Å²) in [5, 5.41) is 0. The summed E-state index contributed by atoms with van der Waals surface area (Å²) in [5.74, 6) is -1.13. The van der Waals surface area contributed by atoms with Crippen LogP contribution in [-0.2, 0) is 4.79 Å². The lowest BCUT2D eigenvalue weighted by Crippen LogP contribution is -2.15. The lowest BCUT2D eigenvalue weighted by atomic mass is 10.5. The van der Waals surface area contributed by atoms with Crippen LogP contribution in [0.4, 0.5) is 8.78 Å². The molecule has 4 heteroatoms. The molecular formula is C3H5F2OP. The molecule has 0 aliphatic carbocycles. The molecule has 0 aliphatic rings. The largest absolute Gasteiger partial charge is 0.315 e. The molecule has 0 rings (SSSR count). The zero-order valence-electron chi connectivity index (χ0n) is 3.74. The second-order valence-corrected chi connectivity index (χ2v) is 1.90. The van der Waals surface area contributed by atoms with Gasteiger partial charge in [0.05, 0.1) is 0 Å². The second-order valence-electron chi connectivity index (χ2n) is 1.18. The molecule has 7 heavy (non-hydrogen) atoms. The predicted octanol–water partition coefficient (Wildman–Crippen LogP) is 1.04. The molecule has 0 aromatic rings. The summed E-state index contributed by atoms with van der Waals surface area (Å²) < 4.78 is 22.9. The van der Waals surface area contributed by atoms with Crippen LogP contribution in [0.5, 0.6) is 0 Å². The fourth-order valence-corrected chi connectivity index (χ4v) is 0. The number of hydrogen-bond acceptors (Lipinski definition) is 1. The van der Waals surface area contributed by atoms with Crippen molar-refractivity contribution in [3.05, 3.63) is 0 Å². The Morgan fingerprint density at radius 2 is 1.86 bits per heavy atom. The van der Waals surface area contributed by atoms with Crippen molar-refractivity contribution in [1.29, 1.82) is 0 Å². The molecule has 42 valence electrons. The highest BCUT2D eigenvalue weighted by Gasteiger charge is 2.27. The first kappa shape index (κ1) is 6.96. The SMILES string of the molecule is CC(=O)C(F)(F)P. The predicted molar refractivity (Wildman–Crippen MR) is 25.3 cm³/mol. The molecule has 0 fully saturated rings. The van der Waals surface area contributed by atoms with Gasteiger partial charge in [-0.2, -0.15) is 8.78 Å². The zero-order chi connectivity index (χ0) is 6.08. The van der Waals surface area contributed by atoms with Gasteiger partial charge in [-0.1, -0.05) is 9.24 Å². The molecule has 0 radical (unpaired) electrons. The lowest BCUT2D eigenvalue weighted by molar-refractivity contribution is -0.130. The summed E-state index contributed by atoms with van der Waals surface area (Å²) in [6, 6.07) is 0. The van der Waals surface area contributed by atoms with Crippen LogP contribution >= 0.6 is 9.24 Å². The minimum atomic E-state index is -3.22. The highest BCUT2D eigenvalue weighted by molar-refractivity contribution is 7.20. The number of ketones is 1. The highest BCUT2D eigenvalue weighted by atomic mass is 31.0. The Morgan fingerprint density at radius 1 is 1.71 bits per heavy atom. The zero-order valence-corrected chi connectivity index (χ0v) is 4.90. The first-order valence-corrected chi connectivity index (χ1v) is 2.20. The summed E-state index contributed by atoms with van der Waals surface area (Å²) >= 11 is 0. The van der Waals surface area contributed by atoms with E-state index in [0.29, 0.717) is 0 Å². The van der Waals surface area contributed by atoms with Gasteiger partial charge in [-0.3, -0.25) is 4.79 Å². The van der Waals surface area contributed by atoms with Crippen LogP contribution in [0.15, 0.2) is 0 Å². The summed E-state index contributed by atoms with van der Waals surface area (Å²) in [6.45, 7) is 0.840. The molecule has 0 saturated carbocycles. The van der Waals surface area contributed by atoms with E-state index in [4.69, 9.17) is 0 Å². The van der Waals surface area contributed by atoms with Gasteiger partial charge in [0, 0.05) is 6.92 Å². The lowest BCUT2D eigenvalue weighted by Gasteiger charge is -2.00. The first-order chi connectivity index (χ1) is 2.94. The van der Waals surface area contributed by atoms with Gasteiger partial charge in [0.15, 0.2) is 0 Å². The van der Waals surface area contributed by atoms with Crippen molar-refractivity contribution in [3.8, 4) is 0 Å². The Hall–Kier alpha value is -0.0400. The molecule has 0 saturated heterocycles. The maximum atomic E-state index is 11.5. The molecule has 1 nitrogen and oxygen atoms in total. The van der Waals surface area contributed by atoms with Crippen LogP contribution in [0.3, 0.4) is 0 Å².